The summed E-state index contributed by atoms with van der Waals surface area (Å²) < 4.78 is 0. The smallest absolute Gasteiger partial charge is 0.317 e. The zero-order valence-electron chi connectivity index (χ0n) is 15.0. The van der Waals surface area contributed by atoms with Crippen molar-refractivity contribution < 1.29 is 4.79 Å². The summed E-state index contributed by atoms with van der Waals surface area (Å²) in [5.74, 6) is 0.901. The predicted molar refractivity (Wildman–Crippen MR) is 104 cm³/mol. The molecule has 1 saturated heterocycles. The Morgan fingerprint density at radius 1 is 1.07 bits per heavy atom. The van der Waals surface area contributed by atoms with Crippen LogP contribution in [-0.2, 0) is 6.54 Å². The number of urea groups is 1. The molecule has 4 rings (SSSR count). The number of H-pyrrole nitrogens is 1. The van der Waals surface area contributed by atoms with E-state index in [0.717, 1.165) is 35.7 Å². The zero-order chi connectivity index (χ0) is 18.5. The van der Waals surface area contributed by atoms with E-state index in [0.29, 0.717) is 19.6 Å². The molecule has 27 heavy (non-hydrogen) atoms. The molecule has 1 aromatic carbocycles. The van der Waals surface area contributed by atoms with E-state index in [1.54, 1.807) is 6.20 Å². The minimum Gasteiger partial charge on any atom is -0.352 e. The molecule has 1 aliphatic rings. The van der Waals surface area contributed by atoms with Crippen molar-refractivity contribution in [1.82, 2.24) is 25.4 Å². The van der Waals surface area contributed by atoms with Crippen molar-refractivity contribution in [2.45, 2.75) is 6.54 Å². The Kier molecular flexibility index (Phi) is 5.00. The Morgan fingerprint density at radius 2 is 1.89 bits per heavy atom. The second-order valence-electron chi connectivity index (χ2n) is 6.50. The summed E-state index contributed by atoms with van der Waals surface area (Å²) in [6.45, 7) is 3.42. The SMILES string of the molecule is O=C(NCc1ccccc1)N1CCN(c2cc(-c3cccnc3)[nH]n2)CC1. The van der Waals surface area contributed by atoms with Crippen LogP contribution in [0.2, 0.25) is 0 Å². The first-order valence-corrected chi connectivity index (χ1v) is 9.07. The van der Waals surface area contributed by atoms with Crippen LogP contribution in [0.3, 0.4) is 0 Å². The standard InChI is InChI=1S/C20H22N6O/c27-20(22-14-16-5-2-1-3-6-16)26-11-9-25(10-12-26)19-13-18(23-24-19)17-7-4-8-21-15-17/h1-8,13,15H,9-12,14H2,(H,22,27)(H,23,24). The fraction of sp³-hybridized carbons (Fsp3) is 0.250. The molecule has 7 nitrogen and oxygen atoms in total. The highest BCUT2D eigenvalue weighted by Gasteiger charge is 2.22. The Hall–Kier alpha value is -3.35. The number of amides is 2. The monoisotopic (exact) mass is 362 g/mol. The number of anilines is 1. The molecule has 0 radical (unpaired) electrons. The fourth-order valence-corrected chi connectivity index (χ4v) is 3.17. The molecule has 3 heterocycles. The third-order valence-corrected chi connectivity index (χ3v) is 4.71. The van der Waals surface area contributed by atoms with Gasteiger partial charge < -0.3 is 15.1 Å². The lowest BCUT2D eigenvalue weighted by Gasteiger charge is -2.34. The van der Waals surface area contributed by atoms with Crippen LogP contribution < -0.4 is 10.2 Å². The first-order chi connectivity index (χ1) is 13.3. The molecule has 0 aliphatic carbocycles. The molecule has 0 saturated carbocycles. The first kappa shape index (κ1) is 17.1. The van der Waals surface area contributed by atoms with Crippen molar-refractivity contribution in [1.29, 1.82) is 0 Å². The van der Waals surface area contributed by atoms with Crippen LogP contribution in [0.25, 0.3) is 11.3 Å². The molecule has 1 fully saturated rings. The van der Waals surface area contributed by atoms with E-state index in [2.05, 4.69) is 25.4 Å². The molecule has 7 heteroatoms. The molecule has 1 aliphatic heterocycles. The molecular formula is C20H22N6O. The van der Waals surface area contributed by atoms with Crippen molar-refractivity contribution in [3.63, 3.8) is 0 Å². The summed E-state index contributed by atoms with van der Waals surface area (Å²) >= 11 is 0. The van der Waals surface area contributed by atoms with Crippen LogP contribution in [0.1, 0.15) is 5.56 Å². The van der Waals surface area contributed by atoms with Gasteiger partial charge in [-0.1, -0.05) is 30.3 Å². The summed E-state index contributed by atoms with van der Waals surface area (Å²) in [7, 11) is 0. The van der Waals surface area contributed by atoms with Gasteiger partial charge in [-0.25, -0.2) is 4.79 Å². The number of aromatic amines is 1. The van der Waals surface area contributed by atoms with Crippen molar-refractivity contribution in [3.8, 4) is 11.3 Å². The van der Waals surface area contributed by atoms with E-state index in [1.165, 1.54) is 0 Å². The van der Waals surface area contributed by atoms with Gasteiger partial charge in [-0.2, -0.15) is 5.10 Å². The number of aromatic nitrogens is 3. The number of benzene rings is 1. The van der Waals surface area contributed by atoms with Crippen LogP contribution >= 0.6 is 0 Å². The van der Waals surface area contributed by atoms with Gasteiger partial charge in [0.15, 0.2) is 5.82 Å². The van der Waals surface area contributed by atoms with E-state index in [9.17, 15) is 4.79 Å². The van der Waals surface area contributed by atoms with E-state index in [-0.39, 0.29) is 6.03 Å². The van der Waals surface area contributed by atoms with Gasteiger partial charge in [-0.05, 0) is 17.7 Å². The second-order valence-corrected chi connectivity index (χ2v) is 6.50. The van der Waals surface area contributed by atoms with Crippen LogP contribution in [0.15, 0.2) is 60.9 Å². The van der Waals surface area contributed by atoms with Crippen LogP contribution in [0.4, 0.5) is 10.6 Å². The summed E-state index contributed by atoms with van der Waals surface area (Å²) in [5, 5.41) is 10.5. The Bertz CT molecular complexity index is 872. The summed E-state index contributed by atoms with van der Waals surface area (Å²) in [6, 6.07) is 15.9. The van der Waals surface area contributed by atoms with Gasteiger partial charge in [0.2, 0.25) is 0 Å². The highest BCUT2D eigenvalue weighted by molar-refractivity contribution is 5.74. The lowest BCUT2D eigenvalue weighted by molar-refractivity contribution is 0.194. The summed E-state index contributed by atoms with van der Waals surface area (Å²) in [5.41, 5.74) is 3.06. The molecule has 3 aromatic rings. The predicted octanol–water partition coefficient (Wildman–Crippen LogP) is 2.50. The summed E-state index contributed by atoms with van der Waals surface area (Å²) in [4.78, 5) is 20.6. The maximum absolute atomic E-state index is 12.4. The van der Waals surface area contributed by atoms with Crippen LogP contribution in [0, 0.1) is 0 Å². The Labute approximate surface area is 158 Å². The average molecular weight is 362 g/mol. The lowest BCUT2D eigenvalue weighted by atomic mass is 10.2. The maximum Gasteiger partial charge on any atom is 0.317 e. The van der Waals surface area contributed by atoms with Gasteiger partial charge in [-0.3, -0.25) is 10.1 Å². The number of nitrogens with one attached hydrogen (secondary N) is 2. The van der Waals surface area contributed by atoms with E-state index in [4.69, 9.17) is 0 Å². The number of nitrogens with zero attached hydrogens (tertiary/aromatic N) is 4. The van der Waals surface area contributed by atoms with Crippen molar-refractivity contribution in [2.75, 3.05) is 31.1 Å². The maximum atomic E-state index is 12.4. The number of pyridine rings is 1. The van der Waals surface area contributed by atoms with Crippen molar-refractivity contribution in [2.24, 2.45) is 0 Å². The van der Waals surface area contributed by atoms with Crippen LogP contribution in [-0.4, -0.2) is 52.3 Å². The van der Waals surface area contributed by atoms with Crippen molar-refractivity contribution in [3.05, 3.63) is 66.5 Å². The number of carbonyl (C=O) groups excluding carboxylic acids is 1. The highest BCUT2D eigenvalue weighted by Crippen LogP contribution is 2.21. The molecule has 0 bridgehead atoms. The molecule has 138 valence electrons. The highest BCUT2D eigenvalue weighted by atomic mass is 16.2. The quantitative estimate of drug-likeness (QED) is 0.748. The molecule has 2 amide bonds. The van der Waals surface area contributed by atoms with Gasteiger partial charge in [0, 0.05) is 56.7 Å². The van der Waals surface area contributed by atoms with Gasteiger partial charge in [-0.15, -0.1) is 0 Å². The Morgan fingerprint density at radius 3 is 2.63 bits per heavy atom. The summed E-state index contributed by atoms with van der Waals surface area (Å²) in [6.07, 6.45) is 3.56. The molecule has 2 aromatic heterocycles. The third-order valence-electron chi connectivity index (χ3n) is 4.71. The van der Waals surface area contributed by atoms with Gasteiger partial charge in [0.05, 0.1) is 5.69 Å². The molecule has 0 unspecified atom stereocenters. The van der Waals surface area contributed by atoms with Gasteiger partial charge in [0.1, 0.15) is 0 Å². The minimum absolute atomic E-state index is 0.0171. The average Bonchev–Trinajstić information content (AvgIpc) is 3.24. The molecule has 0 spiro atoms. The number of carbonyl (C=O) groups is 1. The largest absolute Gasteiger partial charge is 0.352 e. The first-order valence-electron chi connectivity index (χ1n) is 9.07. The van der Waals surface area contributed by atoms with Gasteiger partial charge in [0.25, 0.3) is 0 Å². The number of hydrogen-bond donors (Lipinski definition) is 2. The van der Waals surface area contributed by atoms with E-state index < -0.39 is 0 Å². The van der Waals surface area contributed by atoms with E-state index in [1.807, 2.05) is 59.6 Å². The molecule has 2 N–H and O–H groups in total. The normalized spacial score (nSPS) is 14.2. The number of hydrogen-bond acceptors (Lipinski definition) is 4. The number of piperazine rings is 1. The zero-order valence-corrected chi connectivity index (χ0v) is 15.0. The third kappa shape index (κ3) is 4.08. The lowest BCUT2D eigenvalue weighted by Crippen LogP contribution is -2.51. The molecule has 0 atom stereocenters. The van der Waals surface area contributed by atoms with Gasteiger partial charge >= 0.3 is 6.03 Å². The molecular weight excluding hydrogens is 340 g/mol. The fourth-order valence-electron chi connectivity index (χ4n) is 3.17. The van der Waals surface area contributed by atoms with Crippen molar-refractivity contribution >= 4 is 11.8 Å². The topological polar surface area (TPSA) is 77.2 Å². The Balaban J connectivity index is 1.30. The minimum atomic E-state index is -0.0171. The second kappa shape index (κ2) is 7.90. The van der Waals surface area contributed by atoms with E-state index >= 15 is 0 Å². The number of rotatable bonds is 4. The van der Waals surface area contributed by atoms with Crippen LogP contribution in [0.5, 0.6) is 0 Å².